The Kier molecular flexibility index (Phi) is 5.31. The number of sulfonamides is 1. The van der Waals surface area contributed by atoms with Crippen LogP contribution in [-0.2, 0) is 14.8 Å². The van der Waals surface area contributed by atoms with Gasteiger partial charge in [0.05, 0.1) is 16.1 Å². The summed E-state index contributed by atoms with van der Waals surface area (Å²) in [6.07, 6.45) is 0. The number of aromatic hydroxyl groups is 3. The molecule has 2 rings (SSSR count). The standard InChI is InChI=1S/C15H13N3O8S/c1-7(19)18-27(25,26)9-4-2-8(3-5-9)16-17-12-10(15(23)24)6-11(20)13(21)14(12)22/h2-6,20-22H,1H3,(H,18,19)(H,23,24). The van der Waals surface area contributed by atoms with E-state index in [0.29, 0.717) is 6.07 Å². The van der Waals surface area contributed by atoms with Crippen LogP contribution in [0.15, 0.2) is 45.5 Å². The van der Waals surface area contributed by atoms with Gasteiger partial charge in [0.15, 0.2) is 11.5 Å². The molecular formula is C15H13N3O8S. The summed E-state index contributed by atoms with van der Waals surface area (Å²) in [5.74, 6) is -5.10. The van der Waals surface area contributed by atoms with Crippen LogP contribution in [0.25, 0.3) is 0 Å². The normalized spacial score (nSPS) is 11.4. The van der Waals surface area contributed by atoms with Crippen molar-refractivity contribution in [2.24, 2.45) is 10.2 Å². The summed E-state index contributed by atoms with van der Waals surface area (Å²) in [5, 5.41) is 44.9. The number of nitrogens with one attached hydrogen (secondary N) is 1. The fourth-order valence-electron chi connectivity index (χ4n) is 1.95. The number of benzene rings is 2. The van der Waals surface area contributed by atoms with Crippen molar-refractivity contribution in [3.05, 3.63) is 35.9 Å². The van der Waals surface area contributed by atoms with Crippen molar-refractivity contribution in [1.29, 1.82) is 0 Å². The zero-order valence-corrected chi connectivity index (χ0v) is 14.4. The second-order valence-electron chi connectivity index (χ2n) is 5.15. The van der Waals surface area contributed by atoms with Gasteiger partial charge in [0.2, 0.25) is 11.7 Å². The van der Waals surface area contributed by atoms with E-state index in [1.54, 1.807) is 4.72 Å². The maximum Gasteiger partial charge on any atom is 0.338 e. The quantitative estimate of drug-likeness (QED) is 0.374. The lowest BCUT2D eigenvalue weighted by atomic mass is 10.1. The Morgan fingerprint density at radius 3 is 2.11 bits per heavy atom. The number of rotatable bonds is 5. The Morgan fingerprint density at radius 1 is 1.00 bits per heavy atom. The van der Waals surface area contributed by atoms with Crippen LogP contribution in [0.2, 0.25) is 0 Å². The van der Waals surface area contributed by atoms with E-state index in [1.807, 2.05) is 0 Å². The van der Waals surface area contributed by atoms with Gasteiger partial charge in [-0.1, -0.05) is 0 Å². The molecule has 0 aliphatic carbocycles. The van der Waals surface area contributed by atoms with Gasteiger partial charge in [0.1, 0.15) is 5.69 Å². The van der Waals surface area contributed by atoms with Crippen LogP contribution in [0.5, 0.6) is 17.2 Å². The third-order valence-corrected chi connectivity index (χ3v) is 4.60. The smallest absolute Gasteiger partial charge is 0.338 e. The molecule has 2 aromatic carbocycles. The van der Waals surface area contributed by atoms with Gasteiger partial charge >= 0.3 is 5.97 Å². The number of phenolic OH excluding ortho intramolecular Hbond substituents is 3. The first-order valence-corrected chi connectivity index (χ1v) is 8.57. The number of phenols is 3. The highest BCUT2D eigenvalue weighted by molar-refractivity contribution is 7.90. The second kappa shape index (κ2) is 7.29. The van der Waals surface area contributed by atoms with Gasteiger partial charge in [-0.2, -0.15) is 5.11 Å². The Labute approximate surface area is 152 Å². The summed E-state index contributed by atoms with van der Waals surface area (Å²) < 4.78 is 25.4. The Bertz CT molecular complexity index is 1050. The summed E-state index contributed by atoms with van der Waals surface area (Å²) in [7, 11) is -4.03. The second-order valence-corrected chi connectivity index (χ2v) is 6.83. The third kappa shape index (κ3) is 4.30. The van der Waals surface area contributed by atoms with Crippen molar-refractivity contribution in [3.8, 4) is 17.2 Å². The predicted molar refractivity (Wildman–Crippen MR) is 90.0 cm³/mol. The Morgan fingerprint density at radius 2 is 1.59 bits per heavy atom. The molecule has 1 amide bonds. The zero-order valence-electron chi connectivity index (χ0n) is 13.6. The van der Waals surface area contributed by atoms with Gasteiger partial charge in [0, 0.05) is 13.0 Å². The number of nitrogens with zero attached hydrogens (tertiary/aromatic N) is 2. The highest BCUT2D eigenvalue weighted by atomic mass is 32.2. The Hall–Kier alpha value is -3.67. The topological polar surface area (TPSA) is 186 Å². The molecule has 0 fully saturated rings. The average Bonchev–Trinajstić information content (AvgIpc) is 2.57. The first-order valence-electron chi connectivity index (χ1n) is 7.09. The summed E-state index contributed by atoms with van der Waals surface area (Å²) >= 11 is 0. The van der Waals surface area contributed by atoms with Crippen molar-refractivity contribution >= 4 is 33.3 Å². The van der Waals surface area contributed by atoms with E-state index < -0.39 is 50.4 Å². The molecule has 0 aliphatic heterocycles. The number of carboxylic acid groups (broad SMARTS) is 1. The monoisotopic (exact) mass is 395 g/mol. The molecule has 0 unspecified atom stereocenters. The van der Waals surface area contributed by atoms with E-state index in [4.69, 9.17) is 5.11 Å². The summed E-state index contributed by atoms with van der Waals surface area (Å²) in [6.45, 7) is 1.04. The van der Waals surface area contributed by atoms with E-state index in [0.717, 1.165) is 19.1 Å². The minimum absolute atomic E-state index is 0.0834. The summed E-state index contributed by atoms with van der Waals surface area (Å²) in [6, 6.07) is 5.39. The molecule has 142 valence electrons. The highest BCUT2D eigenvalue weighted by Crippen LogP contribution is 2.45. The highest BCUT2D eigenvalue weighted by Gasteiger charge is 2.21. The van der Waals surface area contributed by atoms with Crippen LogP contribution in [0, 0.1) is 0 Å². The fourth-order valence-corrected chi connectivity index (χ4v) is 2.94. The summed E-state index contributed by atoms with van der Waals surface area (Å²) in [4.78, 5) is 21.9. The maximum atomic E-state index is 11.8. The van der Waals surface area contributed by atoms with E-state index >= 15 is 0 Å². The molecule has 11 nitrogen and oxygen atoms in total. The van der Waals surface area contributed by atoms with Gasteiger partial charge < -0.3 is 20.4 Å². The van der Waals surface area contributed by atoms with Crippen molar-refractivity contribution in [2.45, 2.75) is 11.8 Å². The minimum atomic E-state index is -4.03. The number of azo groups is 1. The molecule has 0 aliphatic rings. The predicted octanol–water partition coefficient (Wildman–Crippen LogP) is 1.74. The number of carbonyl (C=O) groups excluding carboxylic acids is 1. The molecule has 12 heteroatoms. The number of aromatic carboxylic acids is 1. The molecule has 0 saturated heterocycles. The van der Waals surface area contributed by atoms with E-state index in [2.05, 4.69) is 10.2 Å². The number of hydrogen-bond donors (Lipinski definition) is 5. The van der Waals surface area contributed by atoms with Crippen LogP contribution in [0.4, 0.5) is 11.4 Å². The van der Waals surface area contributed by atoms with Crippen molar-refractivity contribution in [2.75, 3.05) is 0 Å². The largest absolute Gasteiger partial charge is 0.504 e. The number of carbonyl (C=O) groups is 2. The maximum absolute atomic E-state index is 11.8. The SMILES string of the molecule is CC(=O)NS(=O)(=O)c1ccc(N=Nc2c(C(=O)O)cc(O)c(O)c2O)cc1. The molecule has 0 spiro atoms. The van der Waals surface area contributed by atoms with Crippen LogP contribution in [0.1, 0.15) is 17.3 Å². The first kappa shape index (κ1) is 19.7. The first-order chi connectivity index (χ1) is 12.5. The van der Waals surface area contributed by atoms with Crippen molar-refractivity contribution in [1.82, 2.24) is 4.72 Å². The molecule has 0 aromatic heterocycles. The molecule has 5 N–H and O–H groups in total. The lowest BCUT2D eigenvalue weighted by molar-refractivity contribution is -0.117. The lowest BCUT2D eigenvalue weighted by Crippen LogP contribution is -2.28. The van der Waals surface area contributed by atoms with Crippen molar-refractivity contribution in [3.63, 3.8) is 0 Å². The van der Waals surface area contributed by atoms with E-state index in [-0.39, 0.29) is 10.6 Å². The number of hydrogen-bond acceptors (Lipinski definition) is 9. The van der Waals surface area contributed by atoms with Crippen LogP contribution >= 0.6 is 0 Å². The van der Waals surface area contributed by atoms with Crippen molar-refractivity contribution < 1.29 is 38.4 Å². The van der Waals surface area contributed by atoms with E-state index in [9.17, 15) is 33.3 Å². The zero-order chi connectivity index (χ0) is 20.4. The molecule has 27 heavy (non-hydrogen) atoms. The average molecular weight is 395 g/mol. The summed E-state index contributed by atoms with van der Waals surface area (Å²) in [5.41, 5.74) is -1.13. The third-order valence-electron chi connectivity index (χ3n) is 3.15. The molecule has 2 aromatic rings. The van der Waals surface area contributed by atoms with Gasteiger partial charge in [-0.05, 0) is 24.3 Å². The van der Waals surface area contributed by atoms with Crippen LogP contribution < -0.4 is 4.72 Å². The lowest BCUT2D eigenvalue weighted by Gasteiger charge is -2.07. The molecule has 0 radical (unpaired) electrons. The molecule has 0 heterocycles. The molecule has 0 saturated carbocycles. The van der Waals surface area contributed by atoms with Gasteiger partial charge in [-0.15, -0.1) is 5.11 Å². The van der Waals surface area contributed by atoms with Crippen LogP contribution in [-0.4, -0.2) is 40.7 Å². The number of carboxylic acids is 1. The van der Waals surface area contributed by atoms with Gasteiger partial charge in [0.25, 0.3) is 10.0 Å². The molecular weight excluding hydrogens is 382 g/mol. The van der Waals surface area contributed by atoms with Gasteiger partial charge in [-0.25, -0.2) is 17.9 Å². The van der Waals surface area contributed by atoms with E-state index in [1.165, 1.54) is 12.1 Å². The van der Waals surface area contributed by atoms with Crippen LogP contribution in [0.3, 0.4) is 0 Å². The fraction of sp³-hybridized carbons (Fsp3) is 0.0667. The molecule has 0 atom stereocenters. The minimum Gasteiger partial charge on any atom is -0.504 e. The Balaban J connectivity index is 2.39. The van der Waals surface area contributed by atoms with Gasteiger partial charge in [-0.3, -0.25) is 4.79 Å². The molecule has 0 bridgehead atoms. The number of amides is 1.